The smallest absolute Gasteiger partial charge is 0.307 e. The summed E-state index contributed by atoms with van der Waals surface area (Å²) in [6, 6.07) is 12.8. The molecule has 0 unspecified atom stereocenters. The Kier molecular flexibility index (Phi) is 3.42. The number of carbonyl (C=O) groups excluding carboxylic acids is 1. The zero-order valence-corrected chi connectivity index (χ0v) is 12.9. The van der Waals surface area contributed by atoms with Crippen LogP contribution in [0.5, 0.6) is 11.5 Å². The Morgan fingerprint density at radius 1 is 1.17 bits per heavy atom. The summed E-state index contributed by atoms with van der Waals surface area (Å²) in [6.45, 7) is 2.16. The van der Waals surface area contributed by atoms with Crippen molar-refractivity contribution in [2.75, 3.05) is 6.79 Å². The summed E-state index contributed by atoms with van der Waals surface area (Å²) in [4.78, 5) is 12.1. The molecule has 0 saturated carbocycles. The van der Waals surface area contributed by atoms with Gasteiger partial charge >= 0.3 is 5.91 Å². The van der Waals surface area contributed by atoms with Crippen molar-refractivity contribution >= 4 is 23.1 Å². The van der Waals surface area contributed by atoms with Gasteiger partial charge in [-0.1, -0.05) is 18.2 Å². The van der Waals surface area contributed by atoms with E-state index in [-0.39, 0.29) is 12.6 Å². The third-order valence-electron chi connectivity index (χ3n) is 3.78. The molecule has 1 aliphatic rings. The van der Waals surface area contributed by atoms with E-state index >= 15 is 0 Å². The Morgan fingerprint density at radius 3 is 2.79 bits per heavy atom. The maximum absolute atomic E-state index is 12.1. The van der Waals surface area contributed by atoms with Crippen molar-refractivity contribution in [3.05, 3.63) is 59.4 Å². The van der Waals surface area contributed by atoms with Gasteiger partial charge in [-0.3, -0.25) is 4.79 Å². The molecule has 0 saturated heterocycles. The van der Waals surface area contributed by atoms with Crippen molar-refractivity contribution in [2.45, 2.75) is 6.92 Å². The molecule has 6 heteroatoms. The first-order chi connectivity index (χ1) is 11.7. The Morgan fingerprint density at radius 2 is 1.96 bits per heavy atom. The Hall–Kier alpha value is -3.28. The average molecular weight is 322 g/mol. The fourth-order valence-electron chi connectivity index (χ4n) is 2.51. The van der Waals surface area contributed by atoms with Gasteiger partial charge in [0.25, 0.3) is 0 Å². The van der Waals surface area contributed by atoms with Crippen LogP contribution in [0.15, 0.2) is 52.0 Å². The summed E-state index contributed by atoms with van der Waals surface area (Å²) in [5.74, 6) is 1.21. The molecule has 2 heterocycles. The van der Waals surface area contributed by atoms with Crippen molar-refractivity contribution < 1.29 is 18.7 Å². The fraction of sp³-hybridized carbons (Fsp3) is 0.111. The number of aryl methyl sites for hydroxylation is 1. The third kappa shape index (κ3) is 2.58. The third-order valence-corrected chi connectivity index (χ3v) is 3.78. The van der Waals surface area contributed by atoms with Crippen LogP contribution in [-0.4, -0.2) is 18.9 Å². The average Bonchev–Trinajstić information content (AvgIpc) is 3.20. The second kappa shape index (κ2) is 5.73. The first-order valence-electron chi connectivity index (χ1n) is 7.43. The fourth-order valence-corrected chi connectivity index (χ4v) is 2.51. The van der Waals surface area contributed by atoms with Crippen LogP contribution in [0.3, 0.4) is 0 Å². The first kappa shape index (κ1) is 14.3. The minimum atomic E-state index is -0.402. The lowest BCUT2D eigenvalue weighted by Crippen LogP contribution is -2.16. The van der Waals surface area contributed by atoms with Crippen LogP contribution in [0.2, 0.25) is 0 Å². The lowest BCUT2D eigenvalue weighted by atomic mass is 10.1. The van der Waals surface area contributed by atoms with Crippen molar-refractivity contribution in [3.8, 4) is 11.5 Å². The molecule has 1 aromatic heterocycles. The topological polar surface area (TPSA) is 73.1 Å². The number of hydrazone groups is 1. The number of fused-ring (bicyclic) bond motifs is 2. The van der Waals surface area contributed by atoms with Crippen LogP contribution in [0.1, 0.15) is 21.7 Å². The van der Waals surface area contributed by atoms with Crippen LogP contribution >= 0.6 is 0 Å². The van der Waals surface area contributed by atoms with Gasteiger partial charge in [-0.25, -0.2) is 5.43 Å². The summed E-state index contributed by atoms with van der Waals surface area (Å²) in [5, 5.41) is 4.87. The zero-order valence-electron chi connectivity index (χ0n) is 12.9. The second-order valence-electron chi connectivity index (χ2n) is 5.41. The minimum Gasteiger partial charge on any atom is -0.454 e. The van der Waals surface area contributed by atoms with Gasteiger partial charge in [-0.2, -0.15) is 5.10 Å². The molecule has 0 fully saturated rings. The van der Waals surface area contributed by atoms with Gasteiger partial charge in [-0.05, 0) is 36.8 Å². The number of hydrogen-bond donors (Lipinski definition) is 1. The van der Waals surface area contributed by atoms with E-state index in [0.29, 0.717) is 11.3 Å². The van der Waals surface area contributed by atoms with Gasteiger partial charge in [0.15, 0.2) is 17.3 Å². The van der Waals surface area contributed by atoms with E-state index in [9.17, 15) is 4.79 Å². The standard InChI is InChI=1S/C18H14N2O4/c1-11-6-15-16(23-10-22-15)8-13(11)9-19-20-18(21)17-7-12-4-2-3-5-14(12)24-17/h2-9H,10H2,1H3,(H,20,21)/b19-9+. The molecular formula is C18H14N2O4. The predicted molar refractivity (Wildman–Crippen MR) is 88.6 cm³/mol. The summed E-state index contributed by atoms with van der Waals surface area (Å²) in [7, 11) is 0. The number of carbonyl (C=O) groups is 1. The first-order valence-corrected chi connectivity index (χ1v) is 7.43. The normalized spacial score (nSPS) is 12.9. The summed E-state index contributed by atoms with van der Waals surface area (Å²) >= 11 is 0. The number of hydrogen-bond acceptors (Lipinski definition) is 5. The van der Waals surface area contributed by atoms with Crippen molar-refractivity contribution in [2.24, 2.45) is 5.10 Å². The maximum atomic E-state index is 12.1. The number of benzene rings is 2. The van der Waals surface area contributed by atoms with Gasteiger partial charge in [0.1, 0.15) is 5.58 Å². The zero-order chi connectivity index (χ0) is 16.5. The summed E-state index contributed by atoms with van der Waals surface area (Å²) in [5.41, 5.74) is 4.94. The maximum Gasteiger partial charge on any atom is 0.307 e. The number of para-hydroxylation sites is 1. The van der Waals surface area contributed by atoms with E-state index in [2.05, 4.69) is 10.5 Å². The molecule has 0 atom stereocenters. The van der Waals surface area contributed by atoms with E-state index in [0.717, 1.165) is 22.3 Å². The summed E-state index contributed by atoms with van der Waals surface area (Å²) in [6.07, 6.45) is 1.57. The molecule has 120 valence electrons. The van der Waals surface area contributed by atoms with E-state index in [1.165, 1.54) is 0 Å². The number of nitrogens with one attached hydrogen (secondary N) is 1. The highest BCUT2D eigenvalue weighted by Crippen LogP contribution is 2.34. The summed E-state index contributed by atoms with van der Waals surface area (Å²) < 4.78 is 16.1. The number of ether oxygens (including phenoxy) is 2. The quantitative estimate of drug-likeness (QED) is 0.593. The van der Waals surface area contributed by atoms with Gasteiger partial charge in [0.05, 0.1) is 6.21 Å². The molecular weight excluding hydrogens is 308 g/mol. The van der Waals surface area contributed by atoms with E-state index in [4.69, 9.17) is 13.9 Å². The van der Waals surface area contributed by atoms with Crippen LogP contribution in [0, 0.1) is 6.92 Å². The van der Waals surface area contributed by atoms with E-state index in [1.807, 2.05) is 43.3 Å². The molecule has 6 nitrogen and oxygen atoms in total. The molecule has 1 aliphatic heterocycles. The van der Waals surface area contributed by atoms with E-state index in [1.54, 1.807) is 12.3 Å². The van der Waals surface area contributed by atoms with Crippen LogP contribution < -0.4 is 14.9 Å². The second-order valence-corrected chi connectivity index (χ2v) is 5.41. The highest BCUT2D eigenvalue weighted by molar-refractivity contribution is 5.96. The largest absolute Gasteiger partial charge is 0.454 e. The van der Waals surface area contributed by atoms with Crippen molar-refractivity contribution in [1.82, 2.24) is 5.43 Å². The molecule has 1 N–H and O–H groups in total. The lowest BCUT2D eigenvalue weighted by molar-refractivity contribution is 0.0929. The number of rotatable bonds is 3. The molecule has 24 heavy (non-hydrogen) atoms. The highest BCUT2D eigenvalue weighted by Gasteiger charge is 2.15. The van der Waals surface area contributed by atoms with Crippen LogP contribution in [-0.2, 0) is 0 Å². The van der Waals surface area contributed by atoms with Gasteiger partial charge in [0, 0.05) is 10.9 Å². The predicted octanol–water partition coefficient (Wildman–Crippen LogP) is 3.23. The number of amides is 1. The molecule has 0 radical (unpaired) electrons. The van der Waals surface area contributed by atoms with Gasteiger partial charge < -0.3 is 13.9 Å². The Bertz CT molecular complexity index is 926. The van der Waals surface area contributed by atoms with Crippen LogP contribution in [0.4, 0.5) is 0 Å². The number of furan rings is 1. The Labute approximate surface area is 137 Å². The molecule has 3 aromatic rings. The van der Waals surface area contributed by atoms with Crippen LogP contribution in [0.25, 0.3) is 11.0 Å². The monoisotopic (exact) mass is 322 g/mol. The van der Waals surface area contributed by atoms with Crippen molar-refractivity contribution in [3.63, 3.8) is 0 Å². The van der Waals surface area contributed by atoms with E-state index < -0.39 is 5.91 Å². The lowest BCUT2D eigenvalue weighted by Gasteiger charge is -2.02. The van der Waals surface area contributed by atoms with Crippen molar-refractivity contribution in [1.29, 1.82) is 0 Å². The molecule has 1 amide bonds. The number of nitrogens with zero attached hydrogens (tertiary/aromatic N) is 1. The van der Waals surface area contributed by atoms with Gasteiger partial charge in [-0.15, -0.1) is 0 Å². The minimum absolute atomic E-state index is 0.218. The SMILES string of the molecule is Cc1cc2c(cc1/C=N/NC(=O)c1cc3ccccc3o1)OCO2. The Balaban J connectivity index is 1.50. The van der Waals surface area contributed by atoms with Gasteiger partial charge in [0.2, 0.25) is 6.79 Å². The molecule has 0 bridgehead atoms. The highest BCUT2D eigenvalue weighted by atomic mass is 16.7. The molecule has 4 rings (SSSR count). The molecule has 2 aromatic carbocycles. The molecule has 0 spiro atoms. The molecule has 0 aliphatic carbocycles.